The molecule has 108 valence electrons. The highest BCUT2D eigenvalue weighted by Gasteiger charge is 2.31. The summed E-state index contributed by atoms with van der Waals surface area (Å²) in [6, 6.07) is 5.42. The van der Waals surface area contributed by atoms with Crippen molar-refractivity contribution in [2.75, 3.05) is 13.2 Å². The maximum atomic E-state index is 12.0. The zero-order valence-electron chi connectivity index (χ0n) is 10.8. The van der Waals surface area contributed by atoms with Crippen LogP contribution in [-0.4, -0.2) is 30.3 Å². The Balaban J connectivity index is 2.61. The number of halogens is 3. The van der Waals surface area contributed by atoms with Gasteiger partial charge in [0.1, 0.15) is 5.75 Å². The lowest BCUT2D eigenvalue weighted by Crippen LogP contribution is -2.33. The molecule has 6 heteroatoms. The van der Waals surface area contributed by atoms with Crippen LogP contribution in [0.4, 0.5) is 13.2 Å². The Hall–Kier alpha value is -1.27. The van der Waals surface area contributed by atoms with Gasteiger partial charge in [-0.15, -0.1) is 13.2 Å². The van der Waals surface area contributed by atoms with Crippen molar-refractivity contribution in [1.29, 1.82) is 0 Å². The van der Waals surface area contributed by atoms with Crippen LogP contribution in [0, 0.1) is 0 Å². The summed E-state index contributed by atoms with van der Waals surface area (Å²) in [6.45, 7) is 4.10. The topological polar surface area (TPSA) is 38.7 Å². The van der Waals surface area contributed by atoms with Gasteiger partial charge in [0, 0.05) is 13.0 Å². The Kier molecular flexibility index (Phi) is 5.20. The van der Waals surface area contributed by atoms with E-state index < -0.39 is 12.0 Å². The molecular formula is C13H17F3O3. The van der Waals surface area contributed by atoms with Crippen LogP contribution in [0.5, 0.6) is 5.75 Å². The van der Waals surface area contributed by atoms with Crippen molar-refractivity contribution in [1.82, 2.24) is 0 Å². The summed E-state index contributed by atoms with van der Waals surface area (Å²) in [4.78, 5) is 0. The third-order valence-corrected chi connectivity index (χ3v) is 2.36. The summed E-state index contributed by atoms with van der Waals surface area (Å²) in [5.41, 5.74) is -0.346. The van der Waals surface area contributed by atoms with Gasteiger partial charge < -0.3 is 14.6 Å². The maximum Gasteiger partial charge on any atom is 0.573 e. The van der Waals surface area contributed by atoms with E-state index in [4.69, 9.17) is 4.74 Å². The van der Waals surface area contributed by atoms with Gasteiger partial charge in [-0.25, -0.2) is 0 Å². The van der Waals surface area contributed by atoms with E-state index in [0.29, 0.717) is 18.6 Å². The van der Waals surface area contributed by atoms with Crippen LogP contribution < -0.4 is 4.74 Å². The van der Waals surface area contributed by atoms with E-state index in [0.717, 1.165) is 0 Å². The minimum Gasteiger partial charge on any atom is -0.406 e. The van der Waals surface area contributed by atoms with Gasteiger partial charge in [-0.3, -0.25) is 0 Å². The van der Waals surface area contributed by atoms with E-state index in [9.17, 15) is 18.3 Å². The molecule has 0 aliphatic rings. The second-order valence-corrected chi connectivity index (χ2v) is 4.50. The molecule has 0 saturated carbocycles. The number of hydrogen-bond acceptors (Lipinski definition) is 3. The fourth-order valence-corrected chi connectivity index (χ4v) is 1.62. The molecule has 19 heavy (non-hydrogen) atoms. The largest absolute Gasteiger partial charge is 0.573 e. The van der Waals surface area contributed by atoms with Gasteiger partial charge >= 0.3 is 6.36 Å². The molecular weight excluding hydrogens is 261 g/mol. The monoisotopic (exact) mass is 278 g/mol. The molecule has 1 N–H and O–H groups in total. The SMILES string of the molecule is CCOCC(C)(O)Cc1ccc(OC(F)(F)F)cc1. The smallest absolute Gasteiger partial charge is 0.406 e. The highest BCUT2D eigenvalue weighted by molar-refractivity contribution is 5.28. The fraction of sp³-hybridized carbons (Fsp3) is 0.538. The lowest BCUT2D eigenvalue weighted by Gasteiger charge is -2.23. The molecule has 0 radical (unpaired) electrons. The third kappa shape index (κ3) is 6.45. The van der Waals surface area contributed by atoms with Crippen LogP contribution in [0.25, 0.3) is 0 Å². The maximum absolute atomic E-state index is 12.0. The van der Waals surface area contributed by atoms with E-state index in [1.165, 1.54) is 24.3 Å². The predicted molar refractivity (Wildman–Crippen MR) is 63.9 cm³/mol. The summed E-state index contributed by atoms with van der Waals surface area (Å²) >= 11 is 0. The summed E-state index contributed by atoms with van der Waals surface area (Å²) < 4.78 is 44.8. The van der Waals surface area contributed by atoms with Gasteiger partial charge in [-0.2, -0.15) is 0 Å². The van der Waals surface area contributed by atoms with Crippen molar-refractivity contribution in [2.24, 2.45) is 0 Å². The first-order valence-corrected chi connectivity index (χ1v) is 5.87. The highest BCUT2D eigenvalue weighted by atomic mass is 19.4. The van der Waals surface area contributed by atoms with Crippen molar-refractivity contribution < 1.29 is 27.8 Å². The lowest BCUT2D eigenvalue weighted by molar-refractivity contribution is -0.274. The lowest BCUT2D eigenvalue weighted by atomic mass is 9.97. The molecule has 3 nitrogen and oxygen atoms in total. The minimum atomic E-state index is -4.69. The average molecular weight is 278 g/mol. The number of aliphatic hydroxyl groups is 1. The molecule has 1 unspecified atom stereocenters. The van der Waals surface area contributed by atoms with Crippen LogP contribution in [0.1, 0.15) is 19.4 Å². The van der Waals surface area contributed by atoms with Crippen molar-refractivity contribution in [3.05, 3.63) is 29.8 Å². The van der Waals surface area contributed by atoms with Gasteiger partial charge in [-0.1, -0.05) is 12.1 Å². The summed E-state index contributed by atoms with van der Waals surface area (Å²) in [5, 5.41) is 10.0. The molecule has 1 atom stereocenters. The predicted octanol–water partition coefficient (Wildman–Crippen LogP) is 2.92. The summed E-state index contributed by atoms with van der Waals surface area (Å²) in [7, 11) is 0. The van der Waals surface area contributed by atoms with Crippen molar-refractivity contribution in [3.63, 3.8) is 0 Å². The van der Waals surface area contributed by atoms with Crippen LogP contribution in [0.2, 0.25) is 0 Å². The van der Waals surface area contributed by atoms with Crippen LogP contribution >= 0.6 is 0 Å². The summed E-state index contributed by atoms with van der Waals surface area (Å²) in [6.07, 6.45) is -4.40. The second kappa shape index (κ2) is 6.25. The van der Waals surface area contributed by atoms with E-state index in [1.54, 1.807) is 6.92 Å². The van der Waals surface area contributed by atoms with E-state index in [-0.39, 0.29) is 12.4 Å². The van der Waals surface area contributed by atoms with Crippen LogP contribution in [0.15, 0.2) is 24.3 Å². The van der Waals surface area contributed by atoms with Crippen molar-refractivity contribution >= 4 is 0 Å². The van der Waals surface area contributed by atoms with Gasteiger partial charge in [0.05, 0.1) is 12.2 Å². The molecule has 0 aliphatic heterocycles. The number of hydrogen-bond donors (Lipinski definition) is 1. The van der Waals surface area contributed by atoms with Crippen LogP contribution in [-0.2, 0) is 11.2 Å². The van der Waals surface area contributed by atoms with Gasteiger partial charge in [0.25, 0.3) is 0 Å². The van der Waals surface area contributed by atoms with E-state index in [1.807, 2.05) is 6.92 Å². The molecule has 0 aromatic heterocycles. The molecule has 0 amide bonds. The molecule has 1 aromatic carbocycles. The molecule has 0 heterocycles. The average Bonchev–Trinajstić information content (AvgIpc) is 2.27. The molecule has 0 spiro atoms. The number of rotatable bonds is 6. The zero-order chi connectivity index (χ0) is 14.5. The quantitative estimate of drug-likeness (QED) is 0.869. The normalized spacial score (nSPS) is 15.1. The van der Waals surface area contributed by atoms with E-state index in [2.05, 4.69) is 4.74 Å². The Morgan fingerprint density at radius 2 is 1.74 bits per heavy atom. The Morgan fingerprint density at radius 3 is 2.21 bits per heavy atom. The molecule has 0 saturated heterocycles. The van der Waals surface area contributed by atoms with Crippen molar-refractivity contribution in [2.45, 2.75) is 32.2 Å². The molecule has 0 bridgehead atoms. The number of alkyl halides is 3. The molecule has 1 aromatic rings. The third-order valence-electron chi connectivity index (χ3n) is 2.36. The first-order chi connectivity index (χ1) is 8.72. The Bertz CT molecular complexity index is 385. The highest BCUT2D eigenvalue weighted by Crippen LogP contribution is 2.23. The zero-order valence-corrected chi connectivity index (χ0v) is 10.8. The van der Waals surface area contributed by atoms with Gasteiger partial charge in [0.15, 0.2) is 0 Å². The van der Waals surface area contributed by atoms with Gasteiger partial charge in [0.2, 0.25) is 0 Å². The first-order valence-electron chi connectivity index (χ1n) is 5.87. The minimum absolute atomic E-state index is 0.171. The number of ether oxygens (including phenoxy) is 2. The molecule has 0 aliphatic carbocycles. The van der Waals surface area contributed by atoms with Gasteiger partial charge in [-0.05, 0) is 31.5 Å². The standard InChI is InChI=1S/C13H17F3O3/c1-3-18-9-12(2,17)8-10-4-6-11(7-5-10)19-13(14,15)16/h4-7,17H,3,8-9H2,1-2H3. The summed E-state index contributed by atoms with van der Waals surface area (Å²) in [5.74, 6) is -0.277. The van der Waals surface area contributed by atoms with Crippen LogP contribution in [0.3, 0.4) is 0 Å². The molecule has 1 rings (SSSR count). The van der Waals surface area contributed by atoms with E-state index >= 15 is 0 Å². The second-order valence-electron chi connectivity index (χ2n) is 4.50. The Morgan fingerprint density at radius 1 is 1.16 bits per heavy atom. The Labute approximate surface area is 110 Å². The first kappa shape index (κ1) is 15.8. The number of benzene rings is 1. The molecule has 0 fully saturated rings. The fourth-order valence-electron chi connectivity index (χ4n) is 1.62. The van der Waals surface area contributed by atoms with Crippen molar-refractivity contribution in [3.8, 4) is 5.75 Å².